The van der Waals surface area contributed by atoms with Crippen molar-refractivity contribution in [1.82, 2.24) is 0 Å². The summed E-state index contributed by atoms with van der Waals surface area (Å²) < 4.78 is 0. The summed E-state index contributed by atoms with van der Waals surface area (Å²) in [7, 11) is 0. The van der Waals surface area contributed by atoms with E-state index >= 15 is 0 Å². The minimum Gasteiger partial charge on any atom is -0.506 e. The van der Waals surface area contributed by atoms with Crippen LogP contribution in [0.1, 0.15) is 37.8 Å². The molecule has 1 fully saturated rings. The summed E-state index contributed by atoms with van der Waals surface area (Å²) >= 11 is 0. The van der Waals surface area contributed by atoms with Crippen LogP contribution in [0.5, 0.6) is 0 Å². The molecule has 0 aliphatic heterocycles. The fraction of sp³-hybridized carbons (Fsp3) is 0.304. The van der Waals surface area contributed by atoms with E-state index in [1.807, 2.05) is 48.5 Å². The van der Waals surface area contributed by atoms with Crippen LogP contribution in [-0.2, 0) is 11.2 Å². The van der Waals surface area contributed by atoms with Crippen LogP contribution in [0, 0.1) is 5.41 Å². The Morgan fingerprint density at radius 3 is 2.27 bits per heavy atom. The Hall–Kier alpha value is -2.68. The zero-order valence-electron chi connectivity index (χ0n) is 15.4. The molecule has 1 aliphatic carbocycles. The van der Waals surface area contributed by atoms with Crippen LogP contribution in [0.15, 0.2) is 71.2 Å². The number of ketones is 1. The van der Waals surface area contributed by atoms with Gasteiger partial charge in [0.15, 0.2) is 5.78 Å². The molecule has 0 radical (unpaired) electrons. The molecule has 0 unspecified atom stereocenters. The van der Waals surface area contributed by atoms with Crippen molar-refractivity contribution in [2.24, 2.45) is 10.4 Å². The first kappa shape index (κ1) is 18.1. The number of hydrogen-bond donors (Lipinski definition) is 1. The van der Waals surface area contributed by atoms with Gasteiger partial charge in [-0.3, -0.25) is 9.79 Å². The van der Waals surface area contributed by atoms with Gasteiger partial charge in [0.25, 0.3) is 0 Å². The average molecular weight is 347 g/mol. The first-order valence-corrected chi connectivity index (χ1v) is 9.06. The molecule has 0 saturated heterocycles. The largest absolute Gasteiger partial charge is 0.506 e. The molecule has 0 amide bonds. The number of hydrogen-bond acceptors (Lipinski definition) is 3. The maximum atomic E-state index is 12.8. The number of carbonyl (C=O) groups excluding carboxylic acids is 1. The second kappa shape index (κ2) is 7.69. The quantitative estimate of drug-likeness (QED) is 0.623. The second-order valence-corrected chi connectivity index (χ2v) is 7.59. The maximum Gasteiger partial charge on any atom is 0.168 e. The van der Waals surface area contributed by atoms with E-state index in [0.29, 0.717) is 30.5 Å². The smallest absolute Gasteiger partial charge is 0.168 e. The van der Waals surface area contributed by atoms with E-state index in [9.17, 15) is 9.90 Å². The molecule has 0 spiro atoms. The Bertz CT molecular complexity index is 833. The number of allylic oxidation sites excluding steroid dienone is 1. The molecule has 1 saturated carbocycles. The molecule has 0 aromatic heterocycles. The van der Waals surface area contributed by atoms with Crippen molar-refractivity contribution in [3.05, 3.63) is 77.4 Å². The zero-order valence-corrected chi connectivity index (χ0v) is 15.4. The van der Waals surface area contributed by atoms with E-state index in [2.05, 4.69) is 26.0 Å². The van der Waals surface area contributed by atoms with Gasteiger partial charge >= 0.3 is 0 Å². The molecule has 26 heavy (non-hydrogen) atoms. The Labute approximate surface area is 155 Å². The molecule has 1 N–H and O–H groups in total. The van der Waals surface area contributed by atoms with E-state index in [0.717, 1.165) is 12.1 Å². The van der Waals surface area contributed by atoms with Crippen LogP contribution in [0.2, 0.25) is 0 Å². The third kappa shape index (κ3) is 4.29. The average Bonchev–Trinajstić information content (AvgIpc) is 2.62. The highest BCUT2D eigenvalue weighted by molar-refractivity contribution is 6.28. The number of aliphatic imine (C=N–C) groups is 1. The predicted molar refractivity (Wildman–Crippen MR) is 106 cm³/mol. The summed E-state index contributed by atoms with van der Waals surface area (Å²) in [4.78, 5) is 17.5. The minimum absolute atomic E-state index is 0.0268. The first-order valence-electron chi connectivity index (χ1n) is 9.06. The SMILES string of the molecule is CC1(C)CC(=O)C(=C(O)c2ccccc2)C(=NCCc2ccccc2)C1. The van der Waals surface area contributed by atoms with Crippen LogP contribution < -0.4 is 0 Å². The summed E-state index contributed by atoms with van der Waals surface area (Å²) in [5.74, 6) is 0.0191. The molecular formula is C23H25NO2. The van der Waals surface area contributed by atoms with Gasteiger partial charge in [0, 0.05) is 24.2 Å². The lowest BCUT2D eigenvalue weighted by molar-refractivity contribution is -0.117. The van der Waals surface area contributed by atoms with Crippen LogP contribution in [0.4, 0.5) is 0 Å². The van der Waals surface area contributed by atoms with E-state index in [1.165, 1.54) is 5.56 Å². The fourth-order valence-corrected chi connectivity index (χ4v) is 3.40. The van der Waals surface area contributed by atoms with Gasteiger partial charge in [-0.05, 0) is 23.8 Å². The number of Topliss-reactive ketones (excluding diaryl/α,β-unsaturated/α-hetero) is 1. The molecule has 3 nitrogen and oxygen atoms in total. The van der Waals surface area contributed by atoms with E-state index in [-0.39, 0.29) is 17.0 Å². The highest BCUT2D eigenvalue weighted by Gasteiger charge is 2.36. The number of benzene rings is 2. The zero-order chi connectivity index (χ0) is 18.6. The lowest BCUT2D eigenvalue weighted by Gasteiger charge is -2.31. The van der Waals surface area contributed by atoms with E-state index in [4.69, 9.17) is 4.99 Å². The van der Waals surface area contributed by atoms with E-state index in [1.54, 1.807) is 0 Å². The molecule has 2 aromatic carbocycles. The van der Waals surface area contributed by atoms with Crippen molar-refractivity contribution in [2.45, 2.75) is 33.1 Å². The van der Waals surface area contributed by atoms with Gasteiger partial charge in [-0.1, -0.05) is 74.5 Å². The summed E-state index contributed by atoms with van der Waals surface area (Å²) in [5.41, 5.74) is 2.86. The van der Waals surface area contributed by atoms with Crippen molar-refractivity contribution >= 4 is 17.3 Å². The van der Waals surface area contributed by atoms with Crippen LogP contribution >= 0.6 is 0 Å². The second-order valence-electron chi connectivity index (χ2n) is 7.59. The highest BCUT2D eigenvalue weighted by atomic mass is 16.3. The van der Waals surface area contributed by atoms with Crippen molar-refractivity contribution < 1.29 is 9.90 Å². The number of aliphatic hydroxyl groups is 1. The monoisotopic (exact) mass is 347 g/mol. The van der Waals surface area contributed by atoms with Crippen LogP contribution in [0.25, 0.3) is 5.76 Å². The molecule has 0 heterocycles. The molecule has 1 aliphatic rings. The number of nitrogens with zero attached hydrogens (tertiary/aromatic N) is 1. The normalized spacial score (nSPS) is 20.2. The van der Waals surface area contributed by atoms with Crippen LogP contribution in [-0.4, -0.2) is 23.1 Å². The third-order valence-corrected chi connectivity index (χ3v) is 4.68. The molecule has 134 valence electrons. The molecule has 3 rings (SSSR count). The highest BCUT2D eigenvalue weighted by Crippen LogP contribution is 2.36. The topological polar surface area (TPSA) is 49.7 Å². The van der Waals surface area contributed by atoms with Crippen molar-refractivity contribution in [2.75, 3.05) is 6.54 Å². The Morgan fingerprint density at radius 2 is 1.62 bits per heavy atom. The van der Waals surface area contributed by atoms with Crippen LogP contribution in [0.3, 0.4) is 0 Å². The third-order valence-electron chi connectivity index (χ3n) is 4.68. The number of aliphatic hydroxyl groups excluding tert-OH is 1. The Balaban J connectivity index is 1.92. The van der Waals surface area contributed by atoms with Gasteiger partial charge in [0.1, 0.15) is 5.76 Å². The summed E-state index contributed by atoms with van der Waals surface area (Å²) in [6.45, 7) is 4.76. The molecule has 0 atom stereocenters. The predicted octanol–water partition coefficient (Wildman–Crippen LogP) is 5.03. The van der Waals surface area contributed by atoms with Crippen molar-refractivity contribution in [3.63, 3.8) is 0 Å². The maximum absolute atomic E-state index is 12.8. The molecule has 0 bridgehead atoms. The van der Waals surface area contributed by atoms with Gasteiger partial charge < -0.3 is 5.11 Å². The van der Waals surface area contributed by atoms with E-state index < -0.39 is 0 Å². The lowest BCUT2D eigenvalue weighted by Crippen LogP contribution is -2.32. The van der Waals surface area contributed by atoms with Gasteiger partial charge in [-0.15, -0.1) is 0 Å². The standard InChI is InChI=1S/C23H25NO2/c1-23(2)15-19(24-14-13-17-9-5-3-6-10-17)21(20(25)16-23)22(26)18-11-7-4-8-12-18/h3-12,26H,13-16H2,1-2H3. The molecule has 2 aromatic rings. The first-order chi connectivity index (χ1) is 12.5. The minimum atomic E-state index is -0.136. The summed E-state index contributed by atoms with van der Waals surface area (Å²) in [6.07, 6.45) is 1.94. The summed E-state index contributed by atoms with van der Waals surface area (Å²) in [5, 5.41) is 10.8. The van der Waals surface area contributed by atoms with Crippen molar-refractivity contribution in [3.8, 4) is 0 Å². The lowest BCUT2D eigenvalue weighted by atomic mass is 9.73. The molecular weight excluding hydrogens is 322 g/mol. The number of carbonyl (C=O) groups is 1. The Morgan fingerprint density at radius 1 is 1.00 bits per heavy atom. The van der Waals surface area contributed by atoms with Gasteiger partial charge in [0.05, 0.1) is 5.57 Å². The van der Waals surface area contributed by atoms with Gasteiger partial charge in [-0.25, -0.2) is 0 Å². The molecule has 3 heteroatoms. The van der Waals surface area contributed by atoms with Gasteiger partial charge in [-0.2, -0.15) is 0 Å². The fourth-order valence-electron chi connectivity index (χ4n) is 3.40. The van der Waals surface area contributed by atoms with Crippen molar-refractivity contribution in [1.29, 1.82) is 0 Å². The number of rotatable bonds is 4. The Kier molecular flexibility index (Phi) is 5.36. The van der Waals surface area contributed by atoms with Gasteiger partial charge in [0.2, 0.25) is 0 Å². The summed E-state index contributed by atoms with van der Waals surface area (Å²) in [6, 6.07) is 19.4.